The maximum absolute atomic E-state index is 11.7. The number of carbonyl (C=O) groups is 2. The number of nitrogens with two attached hydrogens (primary N) is 1. The number of carbonyl (C=O) groups excluding carboxylic acids is 2. The molecule has 0 aliphatic heterocycles. The fourth-order valence-corrected chi connectivity index (χ4v) is 1.18. The maximum Gasteiger partial charge on any atom is 0.316 e. The van der Waals surface area contributed by atoms with Gasteiger partial charge in [0.05, 0.1) is 11.3 Å². The molecular weight excluding hydrogens is 260 g/mol. The number of anilines is 1. The van der Waals surface area contributed by atoms with Crippen LogP contribution in [0.3, 0.4) is 0 Å². The number of primary amides is 1. The molecule has 7 nitrogen and oxygen atoms in total. The highest BCUT2D eigenvalue weighted by molar-refractivity contribution is 6.01. The number of urea groups is 1. The average molecular weight is 280 g/mol. The minimum atomic E-state index is -0.828. The summed E-state index contributed by atoms with van der Waals surface area (Å²) in [4.78, 5) is 22.4. The summed E-state index contributed by atoms with van der Waals surface area (Å²) in [6, 6.07) is 3.50. The van der Waals surface area contributed by atoms with Gasteiger partial charge in [-0.25, -0.2) is 10.2 Å². The largest absolute Gasteiger partial charge is 0.505 e. The number of aromatic hydroxyl groups is 1. The molecule has 7 heteroatoms. The van der Waals surface area contributed by atoms with Gasteiger partial charge in [-0.2, -0.15) is 5.10 Å². The van der Waals surface area contributed by atoms with Crippen molar-refractivity contribution in [1.29, 1.82) is 0 Å². The molecule has 0 bridgehead atoms. The summed E-state index contributed by atoms with van der Waals surface area (Å²) < 4.78 is 0. The van der Waals surface area contributed by atoms with Crippen molar-refractivity contribution < 1.29 is 14.7 Å². The molecule has 5 N–H and O–H groups in total. The number of hydrazone groups is 1. The van der Waals surface area contributed by atoms with Crippen molar-refractivity contribution in [2.45, 2.75) is 27.7 Å². The zero-order valence-corrected chi connectivity index (χ0v) is 12.0. The molecule has 20 heavy (non-hydrogen) atoms. The molecule has 1 aromatic rings. The highest BCUT2D eigenvalue weighted by Crippen LogP contribution is 2.27. The van der Waals surface area contributed by atoms with E-state index in [-0.39, 0.29) is 17.0 Å². The van der Waals surface area contributed by atoms with Crippen LogP contribution < -0.4 is 16.5 Å². The molecule has 0 saturated heterocycles. The normalized spacial score (nSPS) is 8.80. The van der Waals surface area contributed by atoms with Crippen molar-refractivity contribution >= 4 is 23.3 Å². The van der Waals surface area contributed by atoms with Gasteiger partial charge >= 0.3 is 6.03 Å². The molecule has 0 aromatic heterocycles. The minimum Gasteiger partial charge on any atom is -0.505 e. The second-order valence-corrected chi connectivity index (χ2v) is 3.69. The molecule has 0 atom stereocenters. The van der Waals surface area contributed by atoms with Crippen LogP contribution in [0.4, 0.5) is 10.5 Å². The van der Waals surface area contributed by atoms with E-state index in [1.165, 1.54) is 18.2 Å². The van der Waals surface area contributed by atoms with Crippen LogP contribution in [-0.2, 0) is 0 Å². The number of nitrogens with zero attached hydrogens (tertiary/aromatic N) is 1. The molecule has 1 aromatic carbocycles. The first-order valence-corrected chi connectivity index (χ1v) is 6.11. The summed E-state index contributed by atoms with van der Waals surface area (Å²) in [7, 11) is 0. The smallest absolute Gasteiger partial charge is 0.316 e. The third kappa shape index (κ3) is 5.38. The fourth-order valence-electron chi connectivity index (χ4n) is 1.18. The molecule has 0 heterocycles. The van der Waals surface area contributed by atoms with Crippen molar-refractivity contribution in [3.05, 3.63) is 23.8 Å². The first kappa shape index (κ1) is 17.4. The van der Waals surface area contributed by atoms with Gasteiger partial charge in [0, 0.05) is 5.71 Å². The molecular formula is C13H20N4O3. The van der Waals surface area contributed by atoms with Gasteiger partial charge in [0.2, 0.25) is 0 Å². The van der Waals surface area contributed by atoms with Gasteiger partial charge in [-0.3, -0.25) is 4.79 Å². The van der Waals surface area contributed by atoms with Crippen LogP contribution in [0.1, 0.15) is 38.1 Å². The van der Waals surface area contributed by atoms with Crippen LogP contribution >= 0.6 is 0 Å². The van der Waals surface area contributed by atoms with Gasteiger partial charge < -0.3 is 16.2 Å². The van der Waals surface area contributed by atoms with E-state index in [4.69, 9.17) is 5.73 Å². The fraction of sp³-hybridized carbons (Fsp3) is 0.308. The van der Waals surface area contributed by atoms with E-state index in [0.717, 1.165) is 0 Å². The van der Waals surface area contributed by atoms with Crippen molar-refractivity contribution in [3.8, 4) is 5.75 Å². The molecule has 0 radical (unpaired) electrons. The summed E-state index contributed by atoms with van der Waals surface area (Å²) in [5.74, 6) is -0.945. The van der Waals surface area contributed by atoms with Crippen molar-refractivity contribution in [1.82, 2.24) is 5.43 Å². The van der Waals surface area contributed by atoms with Gasteiger partial charge in [0.1, 0.15) is 0 Å². The van der Waals surface area contributed by atoms with Crippen molar-refractivity contribution in [3.63, 3.8) is 0 Å². The Labute approximate surface area is 117 Å². The van der Waals surface area contributed by atoms with E-state index in [0.29, 0.717) is 5.71 Å². The van der Waals surface area contributed by atoms with Gasteiger partial charge in [-0.1, -0.05) is 19.9 Å². The summed E-state index contributed by atoms with van der Waals surface area (Å²) in [5, 5.41) is 15.7. The number of rotatable bonds is 3. The van der Waals surface area contributed by atoms with Gasteiger partial charge in [0.25, 0.3) is 5.91 Å². The Balaban J connectivity index is 0.00000172. The van der Waals surface area contributed by atoms with Crippen LogP contribution in [-0.4, -0.2) is 22.8 Å². The zero-order valence-electron chi connectivity index (χ0n) is 12.0. The zero-order chi connectivity index (χ0) is 15.7. The lowest BCUT2D eigenvalue weighted by Crippen LogP contribution is -2.21. The lowest BCUT2D eigenvalue weighted by Gasteiger charge is -2.08. The second kappa shape index (κ2) is 8.52. The quantitative estimate of drug-likeness (QED) is 0.385. The topological polar surface area (TPSA) is 117 Å². The lowest BCUT2D eigenvalue weighted by atomic mass is 10.1. The third-order valence-corrected chi connectivity index (χ3v) is 1.92. The van der Waals surface area contributed by atoms with E-state index >= 15 is 0 Å². The summed E-state index contributed by atoms with van der Waals surface area (Å²) >= 11 is 0. The van der Waals surface area contributed by atoms with Crippen LogP contribution in [0.5, 0.6) is 5.75 Å². The second-order valence-electron chi connectivity index (χ2n) is 3.69. The monoisotopic (exact) mass is 280 g/mol. The Kier molecular flexibility index (Phi) is 7.42. The Morgan fingerprint density at radius 1 is 1.25 bits per heavy atom. The lowest BCUT2D eigenvalue weighted by molar-refractivity contribution is 0.0952. The predicted octanol–water partition coefficient (Wildman–Crippen LogP) is 2.03. The van der Waals surface area contributed by atoms with E-state index < -0.39 is 11.9 Å². The molecule has 0 saturated carbocycles. The van der Waals surface area contributed by atoms with E-state index in [2.05, 4.69) is 15.8 Å². The maximum atomic E-state index is 11.7. The minimum absolute atomic E-state index is 0.00810. The molecule has 110 valence electrons. The SMILES string of the molecule is CC.CC(C)=NNC(=O)c1cccc(NC(N)=O)c1O. The number of phenols is 1. The highest BCUT2D eigenvalue weighted by atomic mass is 16.3. The van der Waals surface area contributed by atoms with Crippen LogP contribution in [0, 0.1) is 0 Å². The number of amides is 3. The van der Waals surface area contributed by atoms with Crippen LogP contribution in [0.15, 0.2) is 23.3 Å². The molecule has 0 spiro atoms. The Morgan fingerprint density at radius 2 is 1.85 bits per heavy atom. The van der Waals surface area contributed by atoms with Crippen LogP contribution in [0.2, 0.25) is 0 Å². The molecule has 3 amide bonds. The van der Waals surface area contributed by atoms with E-state index in [1.54, 1.807) is 13.8 Å². The first-order valence-electron chi connectivity index (χ1n) is 6.11. The number of hydrogen-bond donors (Lipinski definition) is 4. The van der Waals surface area contributed by atoms with Gasteiger partial charge in [-0.15, -0.1) is 0 Å². The number of para-hydroxylation sites is 1. The Bertz CT molecular complexity index is 508. The molecule has 0 aliphatic rings. The van der Waals surface area contributed by atoms with E-state index in [1.807, 2.05) is 13.8 Å². The van der Waals surface area contributed by atoms with Gasteiger partial charge in [0.15, 0.2) is 5.75 Å². The Hall–Kier alpha value is -2.57. The predicted molar refractivity (Wildman–Crippen MR) is 78.9 cm³/mol. The average Bonchev–Trinajstić information content (AvgIpc) is 2.40. The Morgan fingerprint density at radius 3 is 2.35 bits per heavy atom. The van der Waals surface area contributed by atoms with Gasteiger partial charge in [-0.05, 0) is 26.0 Å². The standard InChI is InChI=1S/C11H14N4O3.C2H6/c1-6(2)14-15-10(17)7-4-3-5-8(9(7)16)13-11(12)18;1-2/h3-5,16H,1-2H3,(H,15,17)(H3,12,13,18);1-2H3. The molecule has 0 aliphatic carbocycles. The number of benzene rings is 1. The summed E-state index contributed by atoms with van der Waals surface area (Å²) in [6.45, 7) is 7.43. The molecule has 0 fully saturated rings. The molecule has 1 rings (SSSR count). The number of hydrogen-bond acceptors (Lipinski definition) is 4. The van der Waals surface area contributed by atoms with Crippen molar-refractivity contribution in [2.24, 2.45) is 10.8 Å². The summed E-state index contributed by atoms with van der Waals surface area (Å²) in [5.41, 5.74) is 7.91. The molecule has 0 unspecified atom stereocenters. The van der Waals surface area contributed by atoms with Crippen LogP contribution in [0.25, 0.3) is 0 Å². The number of phenolic OH excluding ortho intramolecular Hbond substituents is 1. The first-order chi connectivity index (χ1) is 9.41. The summed E-state index contributed by atoms with van der Waals surface area (Å²) in [6.07, 6.45) is 0. The highest BCUT2D eigenvalue weighted by Gasteiger charge is 2.14. The third-order valence-electron chi connectivity index (χ3n) is 1.92. The number of nitrogens with one attached hydrogen (secondary N) is 2. The van der Waals surface area contributed by atoms with E-state index in [9.17, 15) is 14.7 Å². The van der Waals surface area contributed by atoms with Crippen molar-refractivity contribution in [2.75, 3.05) is 5.32 Å².